The summed E-state index contributed by atoms with van der Waals surface area (Å²) in [5.74, 6) is -0.751. The van der Waals surface area contributed by atoms with Gasteiger partial charge in [-0.2, -0.15) is 5.26 Å². The normalized spacial score (nSPS) is 21.5. The van der Waals surface area contributed by atoms with Crippen molar-refractivity contribution in [2.45, 2.75) is 32.6 Å². The average molecular weight is 305 g/mol. The molecular formula is C16H23N3O3. The van der Waals surface area contributed by atoms with Crippen molar-refractivity contribution in [1.29, 1.82) is 5.26 Å². The van der Waals surface area contributed by atoms with Crippen molar-refractivity contribution in [3.8, 4) is 6.07 Å². The second kappa shape index (κ2) is 7.30. The van der Waals surface area contributed by atoms with Crippen LogP contribution in [0, 0.1) is 23.2 Å². The maximum absolute atomic E-state index is 12.4. The Labute approximate surface area is 131 Å². The highest BCUT2D eigenvalue weighted by Gasteiger charge is 2.28. The van der Waals surface area contributed by atoms with Crippen molar-refractivity contribution < 1.29 is 14.7 Å². The van der Waals surface area contributed by atoms with E-state index in [9.17, 15) is 14.9 Å². The summed E-state index contributed by atoms with van der Waals surface area (Å²) in [6.07, 6.45) is 4.75. The van der Waals surface area contributed by atoms with Crippen LogP contribution in [0.5, 0.6) is 0 Å². The van der Waals surface area contributed by atoms with Crippen LogP contribution < -0.4 is 0 Å². The highest BCUT2D eigenvalue weighted by Crippen LogP contribution is 2.20. The molecule has 0 aromatic carbocycles. The minimum Gasteiger partial charge on any atom is -0.481 e. The van der Waals surface area contributed by atoms with Gasteiger partial charge >= 0.3 is 5.97 Å². The topological polar surface area (TPSA) is 84.6 Å². The van der Waals surface area contributed by atoms with E-state index < -0.39 is 5.97 Å². The molecule has 120 valence electrons. The van der Waals surface area contributed by atoms with Gasteiger partial charge in [0.25, 0.3) is 5.91 Å². The molecule has 1 amide bonds. The Morgan fingerprint density at radius 2 is 1.73 bits per heavy atom. The van der Waals surface area contributed by atoms with E-state index in [1.54, 1.807) is 11.1 Å². The average Bonchev–Trinajstić information content (AvgIpc) is 2.53. The maximum atomic E-state index is 12.4. The zero-order valence-electron chi connectivity index (χ0n) is 13.0. The smallest absolute Gasteiger partial charge is 0.306 e. The summed E-state index contributed by atoms with van der Waals surface area (Å²) in [5.41, 5.74) is 0.156. The van der Waals surface area contributed by atoms with Gasteiger partial charge in [-0.1, -0.05) is 6.92 Å². The molecule has 2 fully saturated rings. The van der Waals surface area contributed by atoms with Gasteiger partial charge in [-0.25, -0.2) is 0 Å². The molecule has 0 aromatic heterocycles. The highest BCUT2D eigenvalue weighted by atomic mass is 16.4. The van der Waals surface area contributed by atoms with Crippen molar-refractivity contribution in [2.75, 3.05) is 26.2 Å². The first-order valence-electron chi connectivity index (χ1n) is 7.89. The van der Waals surface area contributed by atoms with Crippen LogP contribution in [-0.2, 0) is 9.59 Å². The van der Waals surface area contributed by atoms with Gasteiger partial charge in [0.2, 0.25) is 0 Å². The maximum Gasteiger partial charge on any atom is 0.306 e. The summed E-state index contributed by atoms with van der Waals surface area (Å²) < 4.78 is 0. The van der Waals surface area contributed by atoms with Gasteiger partial charge in [-0.15, -0.1) is 0 Å². The van der Waals surface area contributed by atoms with Gasteiger partial charge in [0.15, 0.2) is 0 Å². The fraction of sp³-hybridized carbons (Fsp3) is 0.688. The summed E-state index contributed by atoms with van der Waals surface area (Å²) in [5, 5.41) is 18.2. The molecule has 0 aliphatic carbocycles. The molecule has 0 spiro atoms. The van der Waals surface area contributed by atoms with Gasteiger partial charge in [-0.05, 0) is 31.6 Å². The number of likely N-dealkylation sites (tertiary alicyclic amines) is 2. The van der Waals surface area contributed by atoms with E-state index in [1.165, 1.54) is 0 Å². The third kappa shape index (κ3) is 4.00. The summed E-state index contributed by atoms with van der Waals surface area (Å²) in [7, 11) is 0. The first-order chi connectivity index (χ1) is 10.5. The molecule has 2 heterocycles. The van der Waals surface area contributed by atoms with Crippen molar-refractivity contribution >= 4 is 11.9 Å². The van der Waals surface area contributed by atoms with Gasteiger partial charge in [0.05, 0.1) is 5.92 Å². The molecule has 0 saturated carbocycles. The van der Waals surface area contributed by atoms with E-state index in [2.05, 4.69) is 6.92 Å². The number of hydrogen-bond donors (Lipinski definition) is 1. The number of carboxylic acid groups (broad SMARTS) is 1. The van der Waals surface area contributed by atoms with E-state index >= 15 is 0 Å². The quantitative estimate of drug-likeness (QED) is 0.630. The molecule has 22 heavy (non-hydrogen) atoms. The lowest BCUT2D eigenvalue weighted by Gasteiger charge is -2.31. The number of piperidine rings is 2. The lowest BCUT2D eigenvalue weighted by Crippen LogP contribution is -2.41. The Kier molecular flexibility index (Phi) is 5.42. The van der Waals surface area contributed by atoms with Crippen molar-refractivity contribution in [2.24, 2.45) is 11.8 Å². The van der Waals surface area contributed by atoms with Crippen LogP contribution in [0.15, 0.2) is 11.8 Å². The lowest BCUT2D eigenvalue weighted by atomic mass is 9.96. The molecule has 0 unspecified atom stereocenters. The number of aliphatic carboxylic acids is 1. The second-order valence-corrected chi connectivity index (χ2v) is 6.28. The van der Waals surface area contributed by atoms with Crippen LogP contribution in [0.3, 0.4) is 0 Å². The van der Waals surface area contributed by atoms with E-state index in [0.717, 1.165) is 25.9 Å². The summed E-state index contributed by atoms with van der Waals surface area (Å²) in [4.78, 5) is 27.0. The molecule has 2 saturated heterocycles. The molecule has 2 aliphatic heterocycles. The Bertz CT molecular complexity index is 493. The zero-order chi connectivity index (χ0) is 16.1. The molecule has 1 N–H and O–H groups in total. The second-order valence-electron chi connectivity index (χ2n) is 6.28. The predicted molar refractivity (Wildman–Crippen MR) is 80.6 cm³/mol. The van der Waals surface area contributed by atoms with Crippen LogP contribution in [0.2, 0.25) is 0 Å². The van der Waals surface area contributed by atoms with Crippen molar-refractivity contribution in [3.05, 3.63) is 11.8 Å². The molecule has 0 radical (unpaired) electrons. The number of amides is 1. The van der Waals surface area contributed by atoms with Crippen LogP contribution in [0.4, 0.5) is 0 Å². The summed E-state index contributed by atoms with van der Waals surface area (Å²) in [6, 6.07) is 2.00. The third-order valence-corrected chi connectivity index (χ3v) is 4.61. The van der Waals surface area contributed by atoms with Gasteiger partial charge in [0.1, 0.15) is 11.6 Å². The van der Waals surface area contributed by atoms with Crippen molar-refractivity contribution in [1.82, 2.24) is 9.80 Å². The highest BCUT2D eigenvalue weighted by molar-refractivity contribution is 5.97. The number of nitrogens with zero attached hydrogens (tertiary/aromatic N) is 3. The third-order valence-electron chi connectivity index (χ3n) is 4.61. The number of hydrogen-bond acceptors (Lipinski definition) is 4. The van der Waals surface area contributed by atoms with Crippen LogP contribution in [0.1, 0.15) is 32.6 Å². The first kappa shape index (κ1) is 16.3. The van der Waals surface area contributed by atoms with Crippen LogP contribution in [0.25, 0.3) is 0 Å². The molecular weight excluding hydrogens is 282 g/mol. The SMILES string of the molecule is CC1CCN(/C=C(/C#N)C(=O)N2CCC(C(=O)O)CC2)CC1. The molecule has 6 heteroatoms. The summed E-state index contributed by atoms with van der Waals surface area (Å²) >= 11 is 0. The Balaban J connectivity index is 1.95. The number of rotatable bonds is 3. The molecule has 0 aromatic rings. The van der Waals surface area contributed by atoms with Gasteiger partial charge < -0.3 is 14.9 Å². The number of carboxylic acids is 1. The van der Waals surface area contributed by atoms with Gasteiger partial charge in [-0.3, -0.25) is 9.59 Å². The van der Waals surface area contributed by atoms with Crippen molar-refractivity contribution in [3.63, 3.8) is 0 Å². The predicted octanol–water partition coefficient (Wildman–Crippen LogP) is 1.45. The molecule has 0 atom stereocenters. The fourth-order valence-corrected chi connectivity index (χ4v) is 2.97. The van der Waals surface area contributed by atoms with Crippen LogP contribution >= 0.6 is 0 Å². The Morgan fingerprint density at radius 3 is 2.23 bits per heavy atom. The first-order valence-corrected chi connectivity index (χ1v) is 7.89. The fourth-order valence-electron chi connectivity index (χ4n) is 2.97. The molecule has 2 aliphatic rings. The minimum atomic E-state index is -0.800. The lowest BCUT2D eigenvalue weighted by molar-refractivity contribution is -0.145. The molecule has 2 rings (SSSR count). The standard InChI is InChI=1S/C16H23N3O3/c1-12-2-6-18(7-3-12)11-14(10-17)15(20)19-8-4-13(5-9-19)16(21)22/h11-13H,2-9H2,1H3,(H,21,22)/b14-11-. The molecule has 6 nitrogen and oxygen atoms in total. The van der Waals surface area contributed by atoms with E-state index in [0.29, 0.717) is 31.8 Å². The Morgan fingerprint density at radius 1 is 1.14 bits per heavy atom. The van der Waals surface area contributed by atoms with E-state index in [1.807, 2.05) is 11.0 Å². The van der Waals surface area contributed by atoms with Gasteiger partial charge in [0, 0.05) is 32.4 Å². The number of carbonyl (C=O) groups is 2. The summed E-state index contributed by atoms with van der Waals surface area (Å²) in [6.45, 7) is 4.78. The van der Waals surface area contributed by atoms with Crippen LogP contribution in [-0.4, -0.2) is 53.0 Å². The zero-order valence-corrected chi connectivity index (χ0v) is 13.0. The number of carbonyl (C=O) groups excluding carboxylic acids is 1. The van der Waals surface area contributed by atoms with E-state index in [-0.39, 0.29) is 17.4 Å². The monoisotopic (exact) mass is 305 g/mol. The largest absolute Gasteiger partial charge is 0.481 e. The van der Waals surface area contributed by atoms with E-state index in [4.69, 9.17) is 5.11 Å². The molecule has 0 bridgehead atoms. The Hall–Kier alpha value is -2.03. The minimum absolute atomic E-state index is 0.156. The number of nitriles is 1.